The predicted molar refractivity (Wildman–Crippen MR) is 78.0 cm³/mol. The summed E-state index contributed by atoms with van der Waals surface area (Å²) in [6.45, 7) is 6.27. The minimum atomic E-state index is 0.381. The van der Waals surface area contributed by atoms with Gasteiger partial charge in [-0.3, -0.25) is 0 Å². The van der Waals surface area contributed by atoms with E-state index in [-0.39, 0.29) is 0 Å². The van der Waals surface area contributed by atoms with Crippen molar-refractivity contribution in [1.29, 1.82) is 0 Å². The van der Waals surface area contributed by atoms with Gasteiger partial charge in [-0.1, -0.05) is 30.1 Å². The summed E-state index contributed by atoms with van der Waals surface area (Å²) in [5.74, 6) is 1.66. The molecule has 0 saturated carbocycles. The number of halogens is 2. The number of nitrogens with zero attached hydrogens (tertiary/aromatic N) is 1. The number of rotatable bonds is 7. The molecule has 0 aliphatic carbocycles. The summed E-state index contributed by atoms with van der Waals surface area (Å²) in [6.07, 6.45) is 0. The maximum Gasteiger partial charge on any atom is 0.147 e. The van der Waals surface area contributed by atoms with Crippen LogP contribution in [0.25, 0.3) is 0 Å². The van der Waals surface area contributed by atoms with Gasteiger partial charge in [0.25, 0.3) is 0 Å². The van der Waals surface area contributed by atoms with Gasteiger partial charge in [0.2, 0.25) is 0 Å². The van der Waals surface area contributed by atoms with E-state index in [1.54, 1.807) is 13.2 Å². The molecule has 0 radical (unpaired) electrons. The van der Waals surface area contributed by atoms with Gasteiger partial charge in [-0.05, 0) is 18.9 Å². The minimum Gasteiger partial charge on any atom is -0.384 e. The molecule has 0 saturated heterocycles. The third-order valence-corrected chi connectivity index (χ3v) is 2.92. The van der Waals surface area contributed by atoms with Gasteiger partial charge in [0.15, 0.2) is 0 Å². The highest BCUT2D eigenvalue weighted by molar-refractivity contribution is 6.37. The highest BCUT2D eigenvalue weighted by Gasteiger charge is 2.09. The van der Waals surface area contributed by atoms with Crippen LogP contribution in [0.1, 0.15) is 13.8 Å². The molecule has 0 amide bonds. The van der Waals surface area contributed by atoms with E-state index in [0.717, 1.165) is 13.1 Å². The molecule has 1 rings (SSSR count). The zero-order valence-electron chi connectivity index (χ0n) is 10.9. The maximum atomic E-state index is 6.09. The van der Waals surface area contributed by atoms with Gasteiger partial charge in [0.05, 0.1) is 16.7 Å². The molecule has 0 fully saturated rings. The van der Waals surface area contributed by atoms with Crippen LogP contribution >= 0.6 is 23.2 Å². The molecule has 102 valence electrons. The lowest BCUT2D eigenvalue weighted by Crippen LogP contribution is -2.17. The number of hydrogen-bond acceptors (Lipinski definition) is 4. The molecule has 0 aromatic carbocycles. The Bertz CT molecular complexity index is 388. The molecular weight excluding hydrogens is 273 g/mol. The third kappa shape index (κ3) is 4.52. The molecule has 0 bridgehead atoms. The Balaban J connectivity index is 2.72. The van der Waals surface area contributed by atoms with Crippen molar-refractivity contribution < 1.29 is 4.74 Å². The summed E-state index contributed by atoms with van der Waals surface area (Å²) in [7, 11) is 1.69. The topological polar surface area (TPSA) is 46.2 Å². The van der Waals surface area contributed by atoms with Crippen molar-refractivity contribution in [3.63, 3.8) is 0 Å². The molecule has 0 aliphatic rings. The van der Waals surface area contributed by atoms with Gasteiger partial charge in [-0.2, -0.15) is 0 Å². The van der Waals surface area contributed by atoms with Crippen molar-refractivity contribution in [2.45, 2.75) is 13.8 Å². The first-order chi connectivity index (χ1) is 8.58. The van der Waals surface area contributed by atoms with Crippen molar-refractivity contribution in [1.82, 2.24) is 4.98 Å². The van der Waals surface area contributed by atoms with Crippen molar-refractivity contribution in [3.05, 3.63) is 16.1 Å². The summed E-state index contributed by atoms with van der Waals surface area (Å²) in [5, 5.41) is 7.34. The van der Waals surface area contributed by atoms with Crippen molar-refractivity contribution >= 4 is 34.8 Å². The molecule has 4 nitrogen and oxygen atoms in total. The van der Waals surface area contributed by atoms with Gasteiger partial charge in [0, 0.05) is 20.2 Å². The average Bonchev–Trinajstić information content (AvgIpc) is 2.31. The standard InChI is InChI=1S/C12H19Cl2N3O/c1-4-15-11-9(13)5-10(14)12(17-11)16-6-8(2)7-18-3/h5,8H,4,6-7H2,1-3H3,(H2,15,16,17). The van der Waals surface area contributed by atoms with Crippen LogP contribution in [0.5, 0.6) is 0 Å². The second-order valence-electron chi connectivity index (χ2n) is 4.12. The molecule has 1 unspecified atom stereocenters. The lowest BCUT2D eigenvalue weighted by molar-refractivity contribution is 0.164. The fourth-order valence-corrected chi connectivity index (χ4v) is 1.99. The van der Waals surface area contributed by atoms with Crippen LogP contribution in [0.3, 0.4) is 0 Å². The number of anilines is 2. The second-order valence-corrected chi connectivity index (χ2v) is 4.94. The normalized spacial score (nSPS) is 12.3. The van der Waals surface area contributed by atoms with E-state index >= 15 is 0 Å². The van der Waals surface area contributed by atoms with E-state index in [1.165, 1.54) is 0 Å². The lowest BCUT2D eigenvalue weighted by Gasteiger charge is -2.14. The first-order valence-corrected chi connectivity index (χ1v) is 6.66. The van der Waals surface area contributed by atoms with Crippen LogP contribution in [-0.4, -0.2) is 31.8 Å². The predicted octanol–water partition coefficient (Wildman–Crippen LogP) is 3.51. The van der Waals surface area contributed by atoms with Gasteiger partial charge in [0.1, 0.15) is 11.6 Å². The fraction of sp³-hybridized carbons (Fsp3) is 0.583. The molecule has 1 heterocycles. The Kier molecular flexibility index (Phi) is 6.54. The highest BCUT2D eigenvalue weighted by Crippen LogP contribution is 2.29. The molecule has 6 heteroatoms. The smallest absolute Gasteiger partial charge is 0.147 e. The lowest BCUT2D eigenvalue weighted by atomic mass is 10.2. The zero-order valence-corrected chi connectivity index (χ0v) is 12.4. The number of methoxy groups -OCH3 is 1. The second kappa shape index (κ2) is 7.67. The van der Waals surface area contributed by atoms with E-state index < -0.39 is 0 Å². The average molecular weight is 292 g/mol. The van der Waals surface area contributed by atoms with Crippen molar-refractivity contribution in [3.8, 4) is 0 Å². The van der Waals surface area contributed by atoms with Gasteiger partial charge in [-0.25, -0.2) is 4.98 Å². The molecule has 2 N–H and O–H groups in total. The minimum absolute atomic E-state index is 0.381. The number of ether oxygens (including phenoxy) is 1. The number of pyridine rings is 1. The Morgan fingerprint density at radius 1 is 1.28 bits per heavy atom. The maximum absolute atomic E-state index is 6.09. The van der Waals surface area contributed by atoms with E-state index in [1.807, 2.05) is 6.92 Å². The Morgan fingerprint density at radius 3 is 2.44 bits per heavy atom. The molecule has 1 aromatic rings. The molecule has 1 atom stereocenters. The summed E-state index contributed by atoms with van der Waals surface area (Å²) in [6, 6.07) is 1.69. The first-order valence-electron chi connectivity index (χ1n) is 5.91. The van der Waals surface area contributed by atoms with Crippen LogP contribution in [-0.2, 0) is 4.74 Å². The SMILES string of the molecule is CCNc1nc(NCC(C)COC)c(Cl)cc1Cl. The van der Waals surface area contributed by atoms with Gasteiger partial charge < -0.3 is 15.4 Å². The van der Waals surface area contributed by atoms with E-state index in [4.69, 9.17) is 27.9 Å². The van der Waals surface area contributed by atoms with Gasteiger partial charge >= 0.3 is 0 Å². The zero-order chi connectivity index (χ0) is 13.5. The Hall–Kier alpha value is -0.710. The van der Waals surface area contributed by atoms with E-state index in [2.05, 4.69) is 22.5 Å². The molecular formula is C12H19Cl2N3O. The molecule has 0 aliphatic heterocycles. The summed E-state index contributed by atoms with van der Waals surface area (Å²) >= 11 is 12.1. The summed E-state index contributed by atoms with van der Waals surface area (Å²) in [5.41, 5.74) is 0. The summed E-state index contributed by atoms with van der Waals surface area (Å²) in [4.78, 5) is 4.37. The molecule has 18 heavy (non-hydrogen) atoms. The van der Waals surface area contributed by atoms with E-state index in [0.29, 0.717) is 34.2 Å². The summed E-state index contributed by atoms with van der Waals surface area (Å²) < 4.78 is 5.08. The molecule has 0 spiro atoms. The monoisotopic (exact) mass is 291 g/mol. The first kappa shape index (κ1) is 15.3. The van der Waals surface area contributed by atoms with Crippen LogP contribution in [0.4, 0.5) is 11.6 Å². The number of hydrogen-bond donors (Lipinski definition) is 2. The van der Waals surface area contributed by atoms with Crippen molar-refractivity contribution in [2.75, 3.05) is 37.4 Å². The van der Waals surface area contributed by atoms with Crippen LogP contribution in [0.2, 0.25) is 10.0 Å². The van der Waals surface area contributed by atoms with Crippen LogP contribution in [0.15, 0.2) is 6.07 Å². The van der Waals surface area contributed by atoms with E-state index in [9.17, 15) is 0 Å². The fourth-order valence-electron chi connectivity index (χ4n) is 1.50. The van der Waals surface area contributed by atoms with Crippen LogP contribution in [0, 0.1) is 5.92 Å². The van der Waals surface area contributed by atoms with Crippen LogP contribution < -0.4 is 10.6 Å². The quantitative estimate of drug-likeness (QED) is 0.807. The largest absolute Gasteiger partial charge is 0.384 e. The Labute approximate surface area is 118 Å². The van der Waals surface area contributed by atoms with Crippen molar-refractivity contribution in [2.24, 2.45) is 5.92 Å². The van der Waals surface area contributed by atoms with Gasteiger partial charge in [-0.15, -0.1) is 0 Å². The third-order valence-electron chi connectivity index (χ3n) is 2.34. The Morgan fingerprint density at radius 2 is 1.89 bits per heavy atom. The number of aromatic nitrogens is 1. The highest BCUT2D eigenvalue weighted by atomic mass is 35.5. The number of nitrogens with one attached hydrogen (secondary N) is 2. The molecule has 1 aromatic heterocycles.